The van der Waals surface area contributed by atoms with Gasteiger partial charge in [0.05, 0.1) is 5.60 Å². The van der Waals surface area contributed by atoms with Gasteiger partial charge in [-0.2, -0.15) is 0 Å². The van der Waals surface area contributed by atoms with Crippen molar-refractivity contribution in [1.29, 1.82) is 0 Å². The van der Waals surface area contributed by atoms with Crippen LogP contribution < -0.4 is 5.73 Å². The fourth-order valence-corrected chi connectivity index (χ4v) is 3.65. The van der Waals surface area contributed by atoms with Crippen LogP contribution in [-0.2, 0) is 5.60 Å². The normalized spacial score (nSPS) is 23.6. The smallest absolute Gasteiger partial charge is 0.0936 e. The molecule has 21 heavy (non-hydrogen) atoms. The average Bonchev–Trinajstić information content (AvgIpc) is 2.42. The Morgan fingerprint density at radius 1 is 1.10 bits per heavy atom. The van der Waals surface area contributed by atoms with E-state index in [2.05, 4.69) is 45.9 Å². The van der Waals surface area contributed by atoms with E-state index in [1.54, 1.807) is 0 Å². The van der Waals surface area contributed by atoms with E-state index in [1.807, 2.05) is 6.92 Å². The van der Waals surface area contributed by atoms with Gasteiger partial charge in [-0.05, 0) is 68.6 Å². The second-order valence-electron chi connectivity index (χ2n) is 8.02. The van der Waals surface area contributed by atoms with Gasteiger partial charge in [0, 0.05) is 12.0 Å². The summed E-state index contributed by atoms with van der Waals surface area (Å²) < 4.78 is 0. The number of rotatable bonds is 3. The average molecular weight is 289 g/mol. The van der Waals surface area contributed by atoms with Crippen LogP contribution in [0.5, 0.6) is 0 Å². The van der Waals surface area contributed by atoms with E-state index in [-0.39, 0.29) is 5.41 Å². The predicted molar refractivity (Wildman–Crippen MR) is 89.2 cm³/mol. The first-order valence-electron chi connectivity index (χ1n) is 8.14. The Labute approximate surface area is 129 Å². The van der Waals surface area contributed by atoms with Crippen molar-refractivity contribution in [3.63, 3.8) is 0 Å². The molecule has 2 heteroatoms. The molecule has 0 saturated heterocycles. The highest BCUT2D eigenvalue weighted by Gasteiger charge is 2.50. The molecule has 0 amide bonds. The largest absolute Gasteiger partial charge is 0.385 e. The topological polar surface area (TPSA) is 46.2 Å². The summed E-state index contributed by atoms with van der Waals surface area (Å²) in [5.41, 5.74) is 8.97. The lowest BCUT2D eigenvalue weighted by molar-refractivity contribution is -0.105. The third-order valence-corrected chi connectivity index (χ3v) is 6.05. The molecule has 2 rings (SSSR count). The number of hydrogen-bond acceptors (Lipinski definition) is 2. The van der Waals surface area contributed by atoms with E-state index in [0.717, 1.165) is 31.2 Å². The summed E-state index contributed by atoms with van der Waals surface area (Å²) in [6.07, 6.45) is 4.25. The number of benzene rings is 1. The number of aryl methyl sites for hydroxylation is 2. The van der Waals surface area contributed by atoms with Gasteiger partial charge in [0.15, 0.2) is 0 Å². The molecule has 0 aromatic heterocycles. The molecule has 1 aromatic rings. The zero-order chi connectivity index (χ0) is 15.9. The van der Waals surface area contributed by atoms with Crippen molar-refractivity contribution in [3.8, 4) is 0 Å². The van der Waals surface area contributed by atoms with Crippen LogP contribution in [0.1, 0.15) is 63.1 Å². The Morgan fingerprint density at radius 2 is 1.67 bits per heavy atom. The second kappa shape index (κ2) is 5.40. The third kappa shape index (κ3) is 2.89. The number of hydrogen-bond donors (Lipinski definition) is 2. The van der Waals surface area contributed by atoms with Crippen LogP contribution in [0.3, 0.4) is 0 Å². The van der Waals surface area contributed by atoms with Gasteiger partial charge in [-0.3, -0.25) is 0 Å². The fraction of sp³-hybridized carbons (Fsp3) is 0.684. The summed E-state index contributed by atoms with van der Waals surface area (Å²) in [7, 11) is 0. The lowest BCUT2D eigenvalue weighted by atomic mass is 9.57. The minimum absolute atomic E-state index is 0.204. The van der Waals surface area contributed by atoms with E-state index in [4.69, 9.17) is 5.73 Å². The molecule has 118 valence electrons. The Hall–Kier alpha value is -0.860. The van der Waals surface area contributed by atoms with Crippen LogP contribution in [0.4, 0.5) is 0 Å². The molecule has 1 fully saturated rings. The van der Waals surface area contributed by atoms with Gasteiger partial charge in [0.25, 0.3) is 0 Å². The highest BCUT2D eigenvalue weighted by atomic mass is 16.3. The van der Waals surface area contributed by atoms with Crippen molar-refractivity contribution in [2.45, 2.75) is 65.9 Å². The first kappa shape index (κ1) is 16.5. The van der Waals surface area contributed by atoms with E-state index < -0.39 is 5.60 Å². The Kier molecular flexibility index (Phi) is 4.25. The van der Waals surface area contributed by atoms with Crippen molar-refractivity contribution in [1.82, 2.24) is 0 Å². The van der Waals surface area contributed by atoms with Crippen LogP contribution in [0.2, 0.25) is 0 Å². The second-order valence-corrected chi connectivity index (χ2v) is 8.02. The van der Waals surface area contributed by atoms with E-state index in [9.17, 15) is 5.11 Å². The lowest BCUT2D eigenvalue weighted by Crippen LogP contribution is -2.51. The van der Waals surface area contributed by atoms with Gasteiger partial charge in [0.2, 0.25) is 0 Å². The highest BCUT2D eigenvalue weighted by Crippen LogP contribution is 2.53. The molecular formula is C19H31NO. The van der Waals surface area contributed by atoms with Gasteiger partial charge in [-0.25, -0.2) is 0 Å². The molecule has 1 aromatic carbocycles. The molecule has 0 bridgehead atoms. The quantitative estimate of drug-likeness (QED) is 0.881. The SMILES string of the molecule is Cc1ccc(C(C)(O)C2(CN)CCC(C)(C)CC2)cc1C. The molecule has 1 saturated carbocycles. The molecule has 1 unspecified atom stereocenters. The molecule has 0 radical (unpaired) electrons. The summed E-state index contributed by atoms with van der Waals surface area (Å²) in [5, 5.41) is 11.4. The molecule has 2 nitrogen and oxygen atoms in total. The zero-order valence-electron chi connectivity index (χ0n) is 14.3. The highest BCUT2D eigenvalue weighted by molar-refractivity contribution is 5.34. The van der Waals surface area contributed by atoms with E-state index in [0.29, 0.717) is 12.0 Å². The Morgan fingerprint density at radius 3 is 2.14 bits per heavy atom. The first-order chi connectivity index (χ1) is 9.63. The van der Waals surface area contributed by atoms with E-state index in [1.165, 1.54) is 11.1 Å². The summed E-state index contributed by atoms with van der Waals surface area (Å²) in [4.78, 5) is 0. The van der Waals surface area contributed by atoms with Crippen LogP contribution in [0.15, 0.2) is 18.2 Å². The van der Waals surface area contributed by atoms with Crippen LogP contribution in [0.25, 0.3) is 0 Å². The molecular weight excluding hydrogens is 258 g/mol. The minimum Gasteiger partial charge on any atom is -0.385 e. The van der Waals surface area contributed by atoms with Gasteiger partial charge < -0.3 is 10.8 Å². The van der Waals surface area contributed by atoms with Crippen molar-refractivity contribution >= 4 is 0 Å². The fourth-order valence-electron chi connectivity index (χ4n) is 3.65. The van der Waals surface area contributed by atoms with Gasteiger partial charge in [-0.15, -0.1) is 0 Å². The summed E-state index contributed by atoms with van der Waals surface area (Å²) in [6, 6.07) is 6.31. The standard InChI is InChI=1S/C19H31NO/c1-14-6-7-16(12-15(14)2)18(5,21)19(13-20)10-8-17(3,4)9-11-19/h6-7,12,21H,8-11,13,20H2,1-5H3. The van der Waals surface area contributed by atoms with E-state index >= 15 is 0 Å². The monoisotopic (exact) mass is 289 g/mol. The van der Waals surface area contributed by atoms with Gasteiger partial charge >= 0.3 is 0 Å². The summed E-state index contributed by atoms with van der Waals surface area (Å²) >= 11 is 0. The van der Waals surface area contributed by atoms with Crippen molar-refractivity contribution in [2.24, 2.45) is 16.6 Å². The van der Waals surface area contributed by atoms with Crippen LogP contribution >= 0.6 is 0 Å². The number of nitrogens with two attached hydrogens (primary N) is 1. The maximum atomic E-state index is 11.4. The molecule has 0 aliphatic heterocycles. The minimum atomic E-state index is -0.864. The van der Waals surface area contributed by atoms with Crippen LogP contribution in [0, 0.1) is 24.7 Å². The van der Waals surface area contributed by atoms with Gasteiger partial charge in [0.1, 0.15) is 0 Å². The summed E-state index contributed by atoms with van der Waals surface area (Å²) in [5.74, 6) is 0. The van der Waals surface area contributed by atoms with Crippen LogP contribution in [-0.4, -0.2) is 11.7 Å². The summed E-state index contributed by atoms with van der Waals surface area (Å²) in [6.45, 7) is 11.4. The first-order valence-corrected chi connectivity index (χ1v) is 8.14. The third-order valence-electron chi connectivity index (χ3n) is 6.05. The Balaban J connectivity index is 2.37. The number of aliphatic hydroxyl groups is 1. The lowest BCUT2D eigenvalue weighted by Gasteiger charge is -2.51. The molecule has 1 atom stereocenters. The predicted octanol–water partition coefficient (Wildman–Crippen LogP) is 4.06. The van der Waals surface area contributed by atoms with Crippen molar-refractivity contribution in [3.05, 3.63) is 34.9 Å². The molecule has 0 heterocycles. The molecule has 1 aliphatic carbocycles. The Bertz CT molecular complexity index is 506. The molecule has 3 N–H and O–H groups in total. The molecule has 0 spiro atoms. The zero-order valence-corrected chi connectivity index (χ0v) is 14.3. The van der Waals surface area contributed by atoms with Crippen molar-refractivity contribution < 1.29 is 5.11 Å². The molecule has 1 aliphatic rings. The maximum Gasteiger partial charge on any atom is 0.0936 e. The van der Waals surface area contributed by atoms with Crippen molar-refractivity contribution in [2.75, 3.05) is 6.54 Å². The van der Waals surface area contributed by atoms with Gasteiger partial charge in [-0.1, -0.05) is 32.0 Å². The maximum absolute atomic E-state index is 11.4.